The lowest BCUT2D eigenvalue weighted by Crippen LogP contribution is -2.42. The van der Waals surface area contributed by atoms with E-state index in [4.69, 9.17) is 5.73 Å². The second-order valence-corrected chi connectivity index (χ2v) is 8.45. The van der Waals surface area contributed by atoms with E-state index in [1.54, 1.807) is 7.05 Å². The van der Waals surface area contributed by atoms with Gasteiger partial charge in [-0.05, 0) is 38.2 Å². The van der Waals surface area contributed by atoms with Crippen molar-refractivity contribution < 1.29 is 4.79 Å². The molecule has 0 spiro atoms. The Labute approximate surface area is 198 Å². The summed E-state index contributed by atoms with van der Waals surface area (Å²) in [5.74, 6) is 2.33. The van der Waals surface area contributed by atoms with Gasteiger partial charge in [-0.25, -0.2) is 4.98 Å². The number of anilines is 1. The number of amides is 1. The standard InChI is InChI=1S/C22H38N6O.HI/c1-16(2)7-5-8-17(3)27-22(24-4)26-15-19-9-6-12-25-21(19)28-13-10-18(11-14-28)20(23)29;/h6,9,12,16-18H,5,7-8,10-11,13-15H2,1-4H3,(H2,23,29)(H2,24,26,27);1H. The Hall–Kier alpha value is -1.58. The molecule has 0 aromatic carbocycles. The Bertz CT molecular complexity index is 673. The third-order valence-corrected chi connectivity index (χ3v) is 5.54. The Balaban J connectivity index is 0.00000450. The Morgan fingerprint density at radius 3 is 2.60 bits per heavy atom. The van der Waals surface area contributed by atoms with Gasteiger partial charge in [0, 0.05) is 50.4 Å². The molecule has 1 unspecified atom stereocenters. The minimum Gasteiger partial charge on any atom is -0.369 e. The Kier molecular flexibility index (Phi) is 12.1. The van der Waals surface area contributed by atoms with Crippen LogP contribution in [0.4, 0.5) is 5.82 Å². The maximum Gasteiger partial charge on any atom is 0.220 e. The average molecular weight is 530 g/mol. The van der Waals surface area contributed by atoms with E-state index in [1.165, 1.54) is 12.8 Å². The van der Waals surface area contributed by atoms with Crippen LogP contribution in [0, 0.1) is 11.8 Å². The number of aromatic nitrogens is 1. The van der Waals surface area contributed by atoms with Crippen molar-refractivity contribution in [3.63, 3.8) is 0 Å². The van der Waals surface area contributed by atoms with Crippen molar-refractivity contribution >= 4 is 41.7 Å². The van der Waals surface area contributed by atoms with Gasteiger partial charge in [0.05, 0.1) is 0 Å². The van der Waals surface area contributed by atoms with Crippen molar-refractivity contribution in [2.45, 2.75) is 65.5 Å². The number of primary amides is 1. The van der Waals surface area contributed by atoms with Gasteiger partial charge in [0.15, 0.2) is 5.96 Å². The number of piperidine rings is 1. The molecule has 2 rings (SSSR count). The zero-order valence-corrected chi connectivity index (χ0v) is 21.2. The highest BCUT2D eigenvalue weighted by atomic mass is 127. The molecule has 1 aromatic heterocycles. The summed E-state index contributed by atoms with van der Waals surface area (Å²) in [6.45, 7) is 8.98. The molecule has 2 heterocycles. The van der Waals surface area contributed by atoms with Gasteiger partial charge in [0.25, 0.3) is 0 Å². The largest absolute Gasteiger partial charge is 0.369 e. The molecular formula is C22H39IN6O. The Morgan fingerprint density at radius 1 is 1.30 bits per heavy atom. The van der Waals surface area contributed by atoms with E-state index in [0.29, 0.717) is 12.6 Å². The van der Waals surface area contributed by atoms with E-state index >= 15 is 0 Å². The lowest BCUT2D eigenvalue weighted by Gasteiger charge is -2.32. The molecule has 1 amide bonds. The van der Waals surface area contributed by atoms with Gasteiger partial charge in [-0.3, -0.25) is 9.79 Å². The number of hydrogen-bond acceptors (Lipinski definition) is 4. The first-order valence-electron chi connectivity index (χ1n) is 10.9. The van der Waals surface area contributed by atoms with Crippen LogP contribution >= 0.6 is 24.0 Å². The highest BCUT2D eigenvalue weighted by molar-refractivity contribution is 14.0. The lowest BCUT2D eigenvalue weighted by atomic mass is 9.96. The number of guanidine groups is 1. The van der Waals surface area contributed by atoms with E-state index in [1.807, 2.05) is 12.3 Å². The number of aliphatic imine (C=N–C) groups is 1. The van der Waals surface area contributed by atoms with Crippen molar-refractivity contribution in [2.24, 2.45) is 22.6 Å². The van der Waals surface area contributed by atoms with Crippen LogP contribution in [0.3, 0.4) is 0 Å². The number of nitrogens with two attached hydrogens (primary N) is 1. The third kappa shape index (κ3) is 8.65. The second kappa shape index (κ2) is 13.7. The first kappa shape index (κ1) is 26.5. The van der Waals surface area contributed by atoms with E-state index < -0.39 is 0 Å². The fraction of sp³-hybridized carbons (Fsp3) is 0.682. The molecule has 0 aliphatic carbocycles. The summed E-state index contributed by atoms with van der Waals surface area (Å²) in [6, 6.07) is 4.43. The molecule has 1 aromatic rings. The summed E-state index contributed by atoms with van der Waals surface area (Å²) in [6.07, 6.45) is 7.00. The fourth-order valence-electron chi connectivity index (χ4n) is 3.74. The monoisotopic (exact) mass is 530 g/mol. The fourth-order valence-corrected chi connectivity index (χ4v) is 3.74. The molecule has 1 saturated heterocycles. The number of hydrogen-bond donors (Lipinski definition) is 3. The number of carbonyl (C=O) groups excluding carboxylic acids is 1. The van der Waals surface area contributed by atoms with Crippen LogP contribution in [0.25, 0.3) is 0 Å². The van der Waals surface area contributed by atoms with Crippen molar-refractivity contribution in [3.8, 4) is 0 Å². The molecule has 1 aliphatic rings. The number of rotatable bonds is 9. The number of nitrogens with one attached hydrogen (secondary N) is 2. The maximum atomic E-state index is 11.4. The van der Waals surface area contributed by atoms with Gasteiger partial charge in [0.1, 0.15) is 5.82 Å². The quantitative estimate of drug-likeness (QED) is 0.259. The Morgan fingerprint density at radius 2 is 2.00 bits per heavy atom. The summed E-state index contributed by atoms with van der Waals surface area (Å²) < 4.78 is 0. The number of halogens is 1. The van der Waals surface area contributed by atoms with Crippen LogP contribution in [-0.4, -0.2) is 43.0 Å². The first-order chi connectivity index (χ1) is 13.9. The van der Waals surface area contributed by atoms with Crippen molar-refractivity contribution in [1.29, 1.82) is 0 Å². The van der Waals surface area contributed by atoms with Crippen LogP contribution in [0.15, 0.2) is 23.3 Å². The molecule has 4 N–H and O–H groups in total. The molecule has 1 aliphatic heterocycles. The van der Waals surface area contributed by atoms with Gasteiger partial charge in [-0.2, -0.15) is 0 Å². The highest BCUT2D eigenvalue weighted by Gasteiger charge is 2.25. The predicted molar refractivity (Wildman–Crippen MR) is 135 cm³/mol. The van der Waals surface area contributed by atoms with E-state index in [0.717, 1.165) is 55.6 Å². The minimum absolute atomic E-state index is 0. The zero-order valence-electron chi connectivity index (χ0n) is 18.9. The second-order valence-electron chi connectivity index (χ2n) is 8.45. The number of carbonyl (C=O) groups is 1. The van der Waals surface area contributed by atoms with Crippen LogP contribution in [-0.2, 0) is 11.3 Å². The van der Waals surface area contributed by atoms with Crippen molar-refractivity contribution in [3.05, 3.63) is 23.9 Å². The van der Waals surface area contributed by atoms with Crippen molar-refractivity contribution in [1.82, 2.24) is 15.6 Å². The number of pyridine rings is 1. The summed E-state index contributed by atoms with van der Waals surface area (Å²) >= 11 is 0. The molecule has 0 saturated carbocycles. The molecule has 170 valence electrons. The molecule has 1 atom stereocenters. The van der Waals surface area contributed by atoms with Gasteiger partial charge in [-0.15, -0.1) is 24.0 Å². The topological polar surface area (TPSA) is 95.6 Å². The summed E-state index contributed by atoms with van der Waals surface area (Å²) in [7, 11) is 1.80. The molecule has 0 bridgehead atoms. The van der Waals surface area contributed by atoms with Crippen LogP contribution in [0.5, 0.6) is 0 Å². The highest BCUT2D eigenvalue weighted by Crippen LogP contribution is 2.24. The zero-order chi connectivity index (χ0) is 21.2. The SMILES string of the molecule is CN=C(NCc1cccnc1N1CCC(C(N)=O)CC1)NC(C)CCCC(C)C.I. The van der Waals surface area contributed by atoms with Gasteiger partial charge >= 0.3 is 0 Å². The van der Waals surface area contributed by atoms with Crippen LogP contribution < -0.4 is 21.3 Å². The van der Waals surface area contributed by atoms with Gasteiger partial charge in [-0.1, -0.05) is 32.8 Å². The number of nitrogens with zero attached hydrogens (tertiary/aromatic N) is 3. The molecule has 0 radical (unpaired) electrons. The predicted octanol–water partition coefficient (Wildman–Crippen LogP) is 3.28. The third-order valence-electron chi connectivity index (χ3n) is 5.54. The van der Waals surface area contributed by atoms with E-state index in [9.17, 15) is 4.79 Å². The molecular weight excluding hydrogens is 491 g/mol. The summed E-state index contributed by atoms with van der Waals surface area (Å²) in [5.41, 5.74) is 6.58. The molecule has 8 heteroatoms. The maximum absolute atomic E-state index is 11.4. The average Bonchev–Trinajstić information content (AvgIpc) is 2.71. The smallest absolute Gasteiger partial charge is 0.220 e. The van der Waals surface area contributed by atoms with E-state index in [2.05, 4.69) is 52.3 Å². The van der Waals surface area contributed by atoms with Crippen LogP contribution in [0.1, 0.15) is 58.4 Å². The molecule has 7 nitrogen and oxygen atoms in total. The van der Waals surface area contributed by atoms with Crippen LogP contribution in [0.2, 0.25) is 0 Å². The lowest BCUT2D eigenvalue weighted by molar-refractivity contribution is -0.122. The van der Waals surface area contributed by atoms with Gasteiger partial charge in [0.2, 0.25) is 5.91 Å². The normalized spacial score (nSPS) is 16.2. The summed E-state index contributed by atoms with van der Waals surface area (Å²) in [5, 5.41) is 6.90. The molecule has 30 heavy (non-hydrogen) atoms. The van der Waals surface area contributed by atoms with Gasteiger partial charge < -0.3 is 21.3 Å². The summed E-state index contributed by atoms with van der Waals surface area (Å²) in [4.78, 5) is 22.6. The van der Waals surface area contributed by atoms with Crippen molar-refractivity contribution in [2.75, 3.05) is 25.0 Å². The van der Waals surface area contributed by atoms with E-state index in [-0.39, 0.29) is 35.8 Å². The molecule has 1 fully saturated rings. The first-order valence-corrected chi connectivity index (χ1v) is 10.9. The minimum atomic E-state index is -0.190.